The minimum Gasteiger partial charge on any atom is -0.454 e. The molecule has 0 fully saturated rings. The number of rotatable bonds is 4. The summed E-state index contributed by atoms with van der Waals surface area (Å²) in [5.41, 5.74) is 4.43. The van der Waals surface area contributed by atoms with Crippen LogP contribution in [0.2, 0.25) is 0 Å². The van der Waals surface area contributed by atoms with E-state index in [4.69, 9.17) is 9.47 Å². The third-order valence-electron chi connectivity index (χ3n) is 4.08. The minimum absolute atomic E-state index is 0.190. The molecule has 4 rings (SSSR count). The Labute approximate surface area is 151 Å². The zero-order valence-electron chi connectivity index (χ0n) is 14.3. The highest BCUT2D eigenvalue weighted by Crippen LogP contribution is 2.32. The van der Waals surface area contributed by atoms with Gasteiger partial charge in [0.1, 0.15) is 0 Å². The Kier molecular flexibility index (Phi) is 4.19. The van der Waals surface area contributed by atoms with E-state index in [1.54, 1.807) is 18.2 Å². The number of anilines is 3. The van der Waals surface area contributed by atoms with Gasteiger partial charge in [0.15, 0.2) is 11.5 Å². The molecule has 1 heterocycles. The molecule has 0 radical (unpaired) electrons. The van der Waals surface area contributed by atoms with Crippen molar-refractivity contribution in [3.8, 4) is 11.5 Å². The minimum atomic E-state index is -0.192. The fourth-order valence-electron chi connectivity index (χ4n) is 2.77. The molecule has 2 N–H and O–H groups in total. The maximum atomic E-state index is 12.4. The van der Waals surface area contributed by atoms with Gasteiger partial charge in [-0.15, -0.1) is 0 Å². The molecule has 0 unspecified atom stereocenters. The zero-order valence-corrected chi connectivity index (χ0v) is 14.3. The summed E-state index contributed by atoms with van der Waals surface area (Å²) in [5, 5.41) is 6.23. The second-order valence-electron chi connectivity index (χ2n) is 6.09. The number of hydrogen-bond donors (Lipinski definition) is 2. The van der Waals surface area contributed by atoms with Crippen LogP contribution in [0.4, 0.5) is 17.1 Å². The van der Waals surface area contributed by atoms with Crippen LogP contribution in [0.1, 0.15) is 15.9 Å². The summed E-state index contributed by atoms with van der Waals surface area (Å²) in [7, 11) is 0. The Morgan fingerprint density at radius 1 is 0.846 bits per heavy atom. The third kappa shape index (κ3) is 3.47. The summed E-state index contributed by atoms with van der Waals surface area (Å²) < 4.78 is 10.6. The Balaban J connectivity index is 1.43. The van der Waals surface area contributed by atoms with Gasteiger partial charge in [-0.1, -0.05) is 12.1 Å². The molecule has 130 valence electrons. The SMILES string of the molecule is Cc1cccc(Nc2ccc(NC(=O)c3ccc4c(c3)OCO4)cc2)c1. The van der Waals surface area contributed by atoms with E-state index in [9.17, 15) is 4.79 Å². The first-order valence-electron chi connectivity index (χ1n) is 8.32. The number of nitrogens with one attached hydrogen (secondary N) is 2. The predicted molar refractivity (Wildman–Crippen MR) is 101 cm³/mol. The summed E-state index contributed by atoms with van der Waals surface area (Å²) in [4.78, 5) is 12.4. The molecule has 0 bridgehead atoms. The smallest absolute Gasteiger partial charge is 0.255 e. The van der Waals surface area contributed by atoms with Crippen LogP contribution in [-0.4, -0.2) is 12.7 Å². The molecule has 3 aromatic carbocycles. The van der Waals surface area contributed by atoms with Crippen molar-refractivity contribution in [1.82, 2.24) is 0 Å². The van der Waals surface area contributed by atoms with Crippen LogP contribution in [0.3, 0.4) is 0 Å². The molecule has 0 saturated carbocycles. The number of aryl methyl sites for hydroxylation is 1. The highest BCUT2D eigenvalue weighted by Gasteiger charge is 2.16. The van der Waals surface area contributed by atoms with Crippen LogP contribution in [-0.2, 0) is 0 Å². The Bertz CT molecular complexity index is 952. The van der Waals surface area contributed by atoms with Crippen LogP contribution in [0.25, 0.3) is 0 Å². The summed E-state index contributed by atoms with van der Waals surface area (Å²) in [5.74, 6) is 1.06. The van der Waals surface area contributed by atoms with Crippen molar-refractivity contribution in [2.45, 2.75) is 6.92 Å². The van der Waals surface area contributed by atoms with Crippen molar-refractivity contribution >= 4 is 23.0 Å². The fraction of sp³-hybridized carbons (Fsp3) is 0.0952. The quantitative estimate of drug-likeness (QED) is 0.718. The van der Waals surface area contributed by atoms with E-state index in [0.717, 1.165) is 17.1 Å². The van der Waals surface area contributed by atoms with Crippen molar-refractivity contribution in [3.05, 3.63) is 77.9 Å². The molecular weight excluding hydrogens is 328 g/mol. The van der Waals surface area contributed by atoms with Crippen LogP contribution >= 0.6 is 0 Å². The van der Waals surface area contributed by atoms with Crippen molar-refractivity contribution < 1.29 is 14.3 Å². The summed E-state index contributed by atoms with van der Waals surface area (Å²) in [6.45, 7) is 2.25. The lowest BCUT2D eigenvalue weighted by molar-refractivity contribution is 0.102. The lowest BCUT2D eigenvalue weighted by Crippen LogP contribution is -2.11. The van der Waals surface area contributed by atoms with Crippen LogP contribution in [0.5, 0.6) is 11.5 Å². The molecule has 5 nitrogen and oxygen atoms in total. The number of amides is 1. The number of ether oxygens (including phenoxy) is 2. The van der Waals surface area contributed by atoms with Gasteiger partial charge < -0.3 is 20.1 Å². The average molecular weight is 346 g/mol. The molecule has 26 heavy (non-hydrogen) atoms. The lowest BCUT2D eigenvalue weighted by Gasteiger charge is -2.09. The topological polar surface area (TPSA) is 59.6 Å². The fourth-order valence-corrected chi connectivity index (χ4v) is 2.77. The molecule has 1 amide bonds. The molecule has 0 saturated heterocycles. The Morgan fingerprint density at radius 3 is 2.42 bits per heavy atom. The highest BCUT2D eigenvalue weighted by molar-refractivity contribution is 6.04. The maximum Gasteiger partial charge on any atom is 0.255 e. The monoisotopic (exact) mass is 346 g/mol. The number of hydrogen-bond acceptors (Lipinski definition) is 4. The first kappa shape index (κ1) is 16.0. The van der Waals surface area contributed by atoms with Gasteiger partial charge in [-0.25, -0.2) is 0 Å². The van der Waals surface area contributed by atoms with Crippen molar-refractivity contribution in [1.29, 1.82) is 0 Å². The van der Waals surface area contributed by atoms with E-state index in [2.05, 4.69) is 29.7 Å². The van der Waals surface area contributed by atoms with E-state index in [1.165, 1.54) is 5.56 Å². The van der Waals surface area contributed by atoms with Gasteiger partial charge >= 0.3 is 0 Å². The number of carbonyl (C=O) groups excluding carboxylic acids is 1. The first-order valence-corrected chi connectivity index (χ1v) is 8.32. The van der Waals surface area contributed by atoms with Gasteiger partial charge in [0, 0.05) is 22.6 Å². The molecular formula is C21H18N2O3. The molecule has 0 aliphatic carbocycles. The second kappa shape index (κ2) is 6.80. The van der Waals surface area contributed by atoms with Gasteiger partial charge in [-0.3, -0.25) is 4.79 Å². The third-order valence-corrected chi connectivity index (χ3v) is 4.08. The number of benzene rings is 3. The molecule has 3 aromatic rings. The van der Waals surface area contributed by atoms with Gasteiger partial charge in [-0.2, -0.15) is 0 Å². The van der Waals surface area contributed by atoms with Gasteiger partial charge in [0.25, 0.3) is 5.91 Å². The van der Waals surface area contributed by atoms with Crippen molar-refractivity contribution in [3.63, 3.8) is 0 Å². The molecule has 0 aromatic heterocycles. The van der Waals surface area contributed by atoms with Gasteiger partial charge in [0.05, 0.1) is 0 Å². The standard InChI is InChI=1S/C21H18N2O3/c1-14-3-2-4-18(11-14)22-16-6-8-17(9-7-16)23-21(24)15-5-10-19-20(12-15)26-13-25-19/h2-12,22H,13H2,1H3,(H,23,24). The van der Waals surface area contributed by atoms with Crippen molar-refractivity contribution in [2.24, 2.45) is 0 Å². The summed E-state index contributed by atoms with van der Waals surface area (Å²) in [6, 6.07) is 20.9. The van der Waals surface area contributed by atoms with Gasteiger partial charge in [-0.05, 0) is 67.1 Å². The molecule has 1 aliphatic rings. The van der Waals surface area contributed by atoms with Crippen LogP contribution < -0.4 is 20.1 Å². The predicted octanol–water partition coefficient (Wildman–Crippen LogP) is 4.72. The van der Waals surface area contributed by atoms with E-state index in [0.29, 0.717) is 17.1 Å². The molecule has 5 heteroatoms. The van der Waals surface area contributed by atoms with E-state index in [-0.39, 0.29) is 12.7 Å². The van der Waals surface area contributed by atoms with Gasteiger partial charge in [0.2, 0.25) is 6.79 Å². The Hall–Kier alpha value is -3.47. The molecule has 1 aliphatic heterocycles. The van der Waals surface area contributed by atoms with E-state index in [1.807, 2.05) is 36.4 Å². The van der Waals surface area contributed by atoms with Crippen molar-refractivity contribution in [2.75, 3.05) is 17.4 Å². The van der Waals surface area contributed by atoms with Crippen LogP contribution in [0, 0.1) is 6.92 Å². The summed E-state index contributed by atoms with van der Waals surface area (Å²) in [6.07, 6.45) is 0. The summed E-state index contributed by atoms with van der Waals surface area (Å²) >= 11 is 0. The maximum absolute atomic E-state index is 12.4. The average Bonchev–Trinajstić information content (AvgIpc) is 3.11. The molecule has 0 spiro atoms. The number of fused-ring (bicyclic) bond motifs is 1. The molecule has 0 atom stereocenters. The largest absolute Gasteiger partial charge is 0.454 e. The first-order chi connectivity index (χ1) is 12.7. The number of carbonyl (C=O) groups is 1. The van der Waals surface area contributed by atoms with Crippen LogP contribution in [0.15, 0.2) is 66.7 Å². The highest BCUT2D eigenvalue weighted by atomic mass is 16.7. The van der Waals surface area contributed by atoms with E-state index < -0.39 is 0 Å². The zero-order chi connectivity index (χ0) is 17.9. The lowest BCUT2D eigenvalue weighted by atomic mass is 10.2. The normalized spacial score (nSPS) is 11.9. The van der Waals surface area contributed by atoms with E-state index >= 15 is 0 Å². The second-order valence-corrected chi connectivity index (χ2v) is 6.09. The Morgan fingerprint density at radius 2 is 1.62 bits per heavy atom.